The van der Waals surface area contributed by atoms with Crippen LogP contribution in [0.1, 0.15) is 12.6 Å². The fourth-order valence-electron chi connectivity index (χ4n) is 1.65. The second kappa shape index (κ2) is 4.19. The molecule has 0 spiro atoms. The first-order valence-corrected chi connectivity index (χ1v) is 5.79. The van der Waals surface area contributed by atoms with Crippen molar-refractivity contribution < 1.29 is 0 Å². The van der Waals surface area contributed by atoms with E-state index in [-0.39, 0.29) is 0 Å². The van der Waals surface area contributed by atoms with E-state index in [1.165, 1.54) is 11.3 Å². The average molecular weight is 265 g/mol. The Hall–Kier alpha value is -1.09. The maximum Gasteiger partial charge on any atom is 0.0955 e. The summed E-state index contributed by atoms with van der Waals surface area (Å²) in [5, 5.41) is 0. The summed E-state index contributed by atoms with van der Waals surface area (Å²) < 4.78 is 3.25. The maximum atomic E-state index is 4.43. The molecule has 2 nitrogen and oxygen atoms in total. The standard InChI is InChI=1S/C12H13BrN2/c1-3-15-8-14-12(9(15)2)10-4-6-11(13)7-5-10/h4-8H,3H2,1-2H3. The fraction of sp³-hybridized carbons (Fsp3) is 0.250. The highest BCUT2D eigenvalue weighted by Gasteiger charge is 2.07. The van der Waals surface area contributed by atoms with Gasteiger partial charge in [-0.2, -0.15) is 0 Å². The van der Waals surface area contributed by atoms with Crippen LogP contribution < -0.4 is 0 Å². The number of hydrogen-bond donors (Lipinski definition) is 0. The molecule has 1 heterocycles. The Labute approximate surface area is 98.1 Å². The lowest BCUT2D eigenvalue weighted by Crippen LogP contribution is -1.94. The summed E-state index contributed by atoms with van der Waals surface area (Å²) in [6.07, 6.45) is 1.90. The molecular weight excluding hydrogens is 252 g/mol. The Bertz CT molecular complexity index is 457. The third-order valence-corrected chi connectivity index (χ3v) is 3.09. The van der Waals surface area contributed by atoms with E-state index in [0.717, 1.165) is 16.7 Å². The van der Waals surface area contributed by atoms with Crippen LogP contribution in [0, 0.1) is 6.92 Å². The van der Waals surface area contributed by atoms with Gasteiger partial charge in [0, 0.05) is 22.3 Å². The van der Waals surface area contributed by atoms with E-state index in [4.69, 9.17) is 0 Å². The molecule has 0 saturated carbocycles. The molecule has 0 radical (unpaired) electrons. The molecule has 78 valence electrons. The van der Waals surface area contributed by atoms with Gasteiger partial charge in [0.2, 0.25) is 0 Å². The molecule has 0 atom stereocenters. The number of benzene rings is 1. The molecule has 2 rings (SSSR count). The van der Waals surface area contributed by atoms with E-state index in [1.807, 2.05) is 18.5 Å². The number of rotatable bonds is 2. The summed E-state index contributed by atoms with van der Waals surface area (Å²) in [7, 11) is 0. The van der Waals surface area contributed by atoms with E-state index in [0.29, 0.717) is 0 Å². The first kappa shape index (κ1) is 10.4. The highest BCUT2D eigenvalue weighted by atomic mass is 79.9. The third kappa shape index (κ3) is 1.97. The first-order valence-electron chi connectivity index (χ1n) is 5.00. The van der Waals surface area contributed by atoms with Crippen LogP contribution in [0.15, 0.2) is 35.1 Å². The van der Waals surface area contributed by atoms with E-state index in [1.54, 1.807) is 0 Å². The minimum Gasteiger partial charge on any atom is -0.335 e. The van der Waals surface area contributed by atoms with Crippen LogP contribution in [0.2, 0.25) is 0 Å². The maximum absolute atomic E-state index is 4.43. The first-order chi connectivity index (χ1) is 7.22. The quantitative estimate of drug-likeness (QED) is 0.810. The number of nitrogens with zero attached hydrogens (tertiary/aromatic N) is 2. The van der Waals surface area contributed by atoms with Gasteiger partial charge in [-0.1, -0.05) is 28.1 Å². The molecule has 1 aromatic carbocycles. The van der Waals surface area contributed by atoms with Crippen molar-refractivity contribution in [3.63, 3.8) is 0 Å². The van der Waals surface area contributed by atoms with Gasteiger partial charge in [0.25, 0.3) is 0 Å². The normalized spacial score (nSPS) is 10.6. The predicted molar refractivity (Wildman–Crippen MR) is 65.8 cm³/mol. The lowest BCUT2D eigenvalue weighted by molar-refractivity contribution is 0.737. The van der Waals surface area contributed by atoms with Crippen molar-refractivity contribution in [2.45, 2.75) is 20.4 Å². The van der Waals surface area contributed by atoms with Crippen molar-refractivity contribution in [3.05, 3.63) is 40.8 Å². The van der Waals surface area contributed by atoms with E-state index in [2.05, 4.69) is 51.5 Å². The predicted octanol–water partition coefficient (Wildman–Crippen LogP) is 3.64. The monoisotopic (exact) mass is 264 g/mol. The SMILES string of the molecule is CCn1cnc(-c2ccc(Br)cc2)c1C. The number of imidazole rings is 1. The largest absolute Gasteiger partial charge is 0.335 e. The number of aromatic nitrogens is 2. The van der Waals surface area contributed by atoms with Crippen LogP contribution in [-0.4, -0.2) is 9.55 Å². The molecule has 0 bridgehead atoms. The summed E-state index contributed by atoms with van der Waals surface area (Å²) in [5.74, 6) is 0. The van der Waals surface area contributed by atoms with Crippen molar-refractivity contribution in [2.24, 2.45) is 0 Å². The van der Waals surface area contributed by atoms with Gasteiger partial charge in [-0.25, -0.2) is 4.98 Å². The van der Waals surface area contributed by atoms with Crippen LogP contribution in [0.25, 0.3) is 11.3 Å². The lowest BCUT2D eigenvalue weighted by Gasteiger charge is -2.02. The van der Waals surface area contributed by atoms with Crippen molar-refractivity contribution in [3.8, 4) is 11.3 Å². The average Bonchev–Trinajstić information content (AvgIpc) is 2.61. The Kier molecular flexibility index (Phi) is 2.91. The van der Waals surface area contributed by atoms with Gasteiger partial charge in [0.15, 0.2) is 0 Å². The number of aryl methyl sites for hydroxylation is 1. The zero-order valence-electron chi connectivity index (χ0n) is 8.87. The van der Waals surface area contributed by atoms with E-state index < -0.39 is 0 Å². The van der Waals surface area contributed by atoms with Crippen LogP contribution in [-0.2, 0) is 6.54 Å². The second-order valence-electron chi connectivity index (χ2n) is 3.47. The van der Waals surface area contributed by atoms with Crippen LogP contribution in [0.4, 0.5) is 0 Å². The fourth-order valence-corrected chi connectivity index (χ4v) is 1.92. The zero-order valence-corrected chi connectivity index (χ0v) is 10.5. The summed E-state index contributed by atoms with van der Waals surface area (Å²) in [6.45, 7) is 5.20. The Morgan fingerprint density at radius 1 is 1.27 bits per heavy atom. The topological polar surface area (TPSA) is 17.8 Å². The molecule has 0 aliphatic rings. The molecule has 0 fully saturated rings. The minimum atomic E-state index is 0.968. The van der Waals surface area contributed by atoms with Crippen LogP contribution >= 0.6 is 15.9 Å². The second-order valence-corrected chi connectivity index (χ2v) is 4.39. The molecular formula is C12H13BrN2. The van der Waals surface area contributed by atoms with Crippen molar-refractivity contribution >= 4 is 15.9 Å². The van der Waals surface area contributed by atoms with Crippen molar-refractivity contribution in [1.29, 1.82) is 0 Å². The van der Waals surface area contributed by atoms with Gasteiger partial charge < -0.3 is 4.57 Å². The highest BCUT2D eigenvalue weighted by molar-refractivity contribution is 9.10. The zero-order chi connectivity index (χ0) is 10.8. The minimum absolute atomic E-state index is 0.968. The smallest absolute Gasteiger partial charge is 0.0955 e. The van der Waals surface area contributed by atoms with Gasteiger partial charge in [-0.05, 0) is 26.0 Å². The highest BCUT2D eigenvalue weighted by Crippen LogP contribution is 2.23. The van der Waals surface area contributed by atoms with Crippen molar-refractivity contribution in [1.82, 2.24) is 9.55 Å². The molecule has 1 aromatic heterocycles. The van der Waals surface area contributed by atoms with Gasteiger partial charge in [-0.3, -0.25) is 0 Å². The number of halogens is 1. The molecule has 0 aliphatic carbocycles. The summed E-state index contributed by atoms with van der Waals surface area (Å²) in [6, 6.07) is 8.25. The summed E-state index contributed by atoms with van der Waals surface area (Å²) in [4.78, 5) is 4.43. The molecule has 0 unspecified atom stereocenters. The molecule has 15 heavy (non-hydrogen) atoms. The Balaban J connectivity index is 2.45. The molecule has 0 aliphatic heterocycles. The van der Waals surface area contributed by atoms with Gasteiger partial charge in [0.05, 0.1) is 12.0 Å². The molecule has 0 N–H and O–H groups in total. The van der Waals surface area contributed by atoms with Gasteiger partial charge in [0.1, 0.15) is 0 Å². The molecule has 2 aromatic rings. The third-order valence-electron chi connectivity index (χ3n) is 2.56. The van der Waals surface area contributed by atoms with Crippen molar-refractivity contribution in [2.75, 3.05) is 0 Å². The Morgan fingerprint density at radius 2 is 1.93 bits per heavy atom. The lowest BCUT2D eigenvalue weighted by atomic mass is 10.1. The van der Waals surface area contributed by atoms with E-state index >= 15 is 0 Å². The van der Waals surface area contributed by atoms with Gasteiger partial charge >= 0.3 is 0 Å². The van der Waals surface area contributed by atoms with Crippen LogP contribution in [0.3, 0.4) is 0 Å². The van der Waals surface area contributed by atoms with Crippen LogP contribution in [0.5, 0.6) is 0 Å². The summed E-state index contributed by atoms with van der Waals surface area (Å²) >= 11 is 3.43. The van der Waals surface area contributed by atoms with Gasteiger partial charge in [-0.15, -0.1) is 0 Å². The molecule has 0 amide bonds. The summed E-state index contributed by atoms with van der Waals surface area (Å²) in [5.41, 5.74) is 3.46. The molecule has 3 heteroatoms. The Morgan fingerprint density at radius 3 is 2.47 bits per heavy atom. The number of hydrogen-bond acceptors (Lipinski definition) is 1. The van der Waals surface area contributed by atoms with E-state index in [9.17, 15) is 0 Å². The molecule has 0 saturated heterocycles.